The van der Waals surface area contributed by atoms with Crippen LogP contribution in [0.25, 0.3) is 0 Å². The molecule has 0 aromatic heterocycles. The van der Waals surface area contributed by atoms with Crippen LogP contribution in [0.2, 0.25) is 0 Å². The zero-order chi connectivity index (χ0) is 15.4. The molecule has 0 heterocycles. The monoisotopic (exact) mass is 352 g/mol. The highest BCUT2D eigenvalue weighted by molar-refractivity contribution is 9.09. The molecule has 0 bridgehead atoms. The average molecular weight is 353 g/mol. The smallest absolute Gasteiger partial charge is 0.126 e. The second-order valence-corrected chi connectivity index (χ2v) is 6.22. The van der Waals surface area contributed by atoms with E-state index in [1.54, 1.807) is 0 Å². The molecule has 0 unspecified atom stereocenters. The fraction of sp³-hybridized carbons (Fsp3) is 0.333. The maximum Gasteiger partial charge on any atom is 0.126 e. The van der Waals surface area contributed by atoms with Crippen molar-refractivity contribution in [3.63, 3.8) is 0 Å². The van der Waals surface area contributed by atoms with E-state index in [9.17, 15) is 8.78 Å². The summed E-state index contributed by atoms with van der Waals surface area (Å²) in [5, 5.41) is 0.881. The number of benzene rings is 2. The average Bonchev–Trinajstić information content (AvgIpc) is 2.42. The van der Waals surface area contributed by atoms with Gasteiger partial charge in [-0.15, -0.1) is 0 Å². The van der Waals surface area contributed by atoms with E-state index >= 15 is 0 Å². The first-order valence-corrected chi connectivity index (χ1v) is 8.22. The highest BCUT2D eigenvalue weighted by Crippen LogP contribution is 2.31. The molecule has 0 saturated carbocycles. The summed E-state index contributed by atoms with van der Waals surface area (Å²) in [7, 11) is 0. The summed E-state index contributed by atoms with van der Waals surface area (Å²) in [6.45, 7) is 4.13. The molecule has 0 aliphatic carbocycles. The van der Waals surface area contributed by atoms with Gasteiger partial charge in [0, 0.05) is 17.3 Å². The Morgan fingerprint density at radius 2 is 1.57 bits per heavy atom. The number of halogens is 3. The van der Waals surface area contributed by atoms with Crippen molar-refractivity contribution in [3.8, 4) is 0 Å². The third kappa shape index (κ3) is 4.13. The molecule has 2 aromatic rings. The Kier molecular flexibility index (Phi) is 5.51. The van der Waals surface area contributed by atoms with E-state index in [1.165, 1.54) is 23.3 Å². The predicted octanol–water partition coefficient (Wildman–Crippen LogP) is 5.89. The number of rotatable bonds is 5. The zero-order valence-electron chi connectivity index (χ0n) is 12.3. The maximum atomic E-state index is 13.5. The Hall–Kier alpha value is -1.22. The molecule has 21 heavy (non-hydrogen) atoms. The molecule has 2 rings (SSSR count). The molecule has 3 heteroatoms. The molecule has 0 aliphatic heterocycles. The number of alkyl halides is 1. The first-order valence-electron chi connectivity index (χ1n) is 7.10. The quantitative estimate of drug-likeness (QED) is 0.588. The van der Waals surface area contributed by atoms with E-state index in [2.05, 4.69) is 48.0 Å². The van der Waals surface area contributed by atoms with Gasteiger partial charge in [0.2, 0.25) is 0 Å². The van der Waals surface area contributed by atoms with E-state index in [1.807, 2.05) is 0 Å². The van der Waals surface area contributed by atoms with Gasteiger partial charge in [-0.1, -0.05) is 34.1 Å². The third-order valence-corrected chi connectivity index (χ3v) is 4.41. The Balaban J connectivity index is 2.43. The molecule has 0 aliphatic rings. The van der Waals surface area contributed by atoms with Gasteiger partial charge in [-0.2, -0.15) is 0 Å². The largest absolute Gasteiger partial charge is 0.207 e. The molecule has 0 N–H and O–H groups in total. The van der Waals surface area contributed by atoms with Gasteiger partial charge in [-0.3, -0.25) is 0 Å². The van der Waals surface area contributed by atoms with Crippen molar-refractivity contribution >= 4 is 15.9 Å². The van der Waals surface area contributed by atoms with Crippen LogP contribution in [0.5, 0.6) is 0 Å². The van der Waals surface area contributed by atoms with Crippen LogP contribution in [0.4, 0.5) is 8.78 Å². The van der Waals surface area contributed by atoms with Gasteiger partial charge in [0.25, 0.3) is 0 Å². The first kappa shape index (κ1) is 16.2. The van der Waals surface area contributed by atoms with Crippen LogP contribution < -0.4 is 0 Å². The van der Waals surface area contributed by atoms with Crippen molar-refractivity contribution in [3.05, 3.63) is 70.3 Å². The van der Waals surface area contributed by atoms with Crippen molar-refractivity contribution in [2.45, 2.75) is 32.6 Å². The minimum atomic E-state index is -0.516. The van der Waals surface area contributed by atoms with Crippen molar-refractivity contribution in [1.29, 1.82) is 0 Å². The molecular formula is C18H19BrF2. The molecule has 0 fully saturated rings. The highest BCUT2D eigenvalue weighted by atomic mass is 79.9. The zero-order valence-corrected chi connectivity index (χ0v) is 13.9. The Labute approximate surface area is 133 Å². The van der Waals surface area contributed by atoms with Crippen LogP contribution in [0.3, 0.4) is 0 Å². The van der Waals surface area contributed by atoms with Gasteiger partial charge < -0.3 is 0 Å². The van der Waals surface area contributed by atoms with E-state index in [4.69, 9.17) is 0 Å². The molecule has 1 atom stereocenters. The molecule has 0 spiro atoms. The normalized spacial score (nSPS) is 12.4. The van der Waals surface area contributed by atoms with Gasteiger partial charge in [0.05, 0.1) is 0 Å². The van der Waals surface area contributed by atoms with Gasteiger partial charge in [0.1, 0.15) is 11.6 Å². The first-order chi connectivity index (χ1) is 10.0. The minimum Gasteiger partial charge on any atom is -0.207 e. The van der Waals surface area contributed by atoms with E-state index in [-0.39, 0.29) is 5.92 Å². The van der Waals surface area contributed by atoms with Gasteiger partial charge >= 0.3 is 0 Å². The summed E-state index contributed by atoms with van der Waals surface area (Å²) in [6, 6.07) is 10.1. The van der Waals surface area contributed by atoms with Crippen molar-refractivity contribution in [2.24, 2.45) is 0 Å². The molecule has 0 nitrogen and oxygen atoms in total. The lowest BCUT2D eigenvalue weighted by Crippen LogP contribution is -2.04. The van der Waals surface area contributed by atoms with Crippen molar-refractivity contribution in [1.82, 2.24) is 0 Å². The lowest BCUT2D eigenvalue weighted by molar-refractivity contribution is 0.574. The Bertz CT molecular complexity index is 602. The van der Waals surface area contributed by atoms with Crippen LogP contribution in [0.1, 0.15) is 41.0 Å². The second kappa shape index (κ2) is 7.17. The molecular weight excluding hydrogens is 334 g/mol. The van der Waals surface area contributed by atoms with Crippen LogP contribution >= 0.6 is 15.9 Å². The van der Waals surface area contributed by atoms with E-state index in [0.717, 1.165) is 29.8 Å². The van der Waals surface area contributed by atoms with Crippen LogP contribution in [-0.2, 0) is 0 Å². The van der Waals surface area contributed by atoms with Gasteiger partial charge in [-0.05, 0) is 61.1 Å². The van der Waals surface area contributed by atoms with Gasteiger partial charge in [0.15, 0.2) is 0 Å². The summed E-state index contributed by atoms with van der Waals surface area (Å²) < 4.78 is 27.0. The van der Waals surface area contributed by atoms with Crippen LogP contribution in [-0.4, -0.2) is 5.33 Å². The van der Waals surface area contributed by atoms with E-state index in [0.29, 0.717) is 5.56 Å². The van der Waals surface area contributed by atoms with Crippen LogP contribution in [0, 0.1) is 25.5 Å². The number of hydrogen-bond acceptors (Lipinski definition) is 0. The molecule has 2 aromatic carbocycles. The molecule has 112 valence electrons. The lowest BCUT2D eigenvalue weighted by atomic mass is 9.86. The van der Waals surface area contributed by atoms with Crippen LogP contribution in [0.15, 0.2) is 36.4 Å². The maximum absolute atomic E-state index is 13.5. The topological polar surface area (TPSA) is 0 Å². The van der Waals surface area contributed by atoms with E-state index < -0.39 is 11.6 Å². The number of hydrogen-bond donors (Lipinski definition) is 0. The second-order valence-electron chi connectivity index (χ2n) is 5.43. The summed E-state index contributed by atoms with van der Waals surface area (Å²) >= 11 is 3.43. The van der Waals surface area contributed by atoms with Crippen molar-refractivity contribution < 1.29 is 8.78 Å². The summed E-state index contributed by atoms with van der Waals surface area (Å²) in [5.74, 6) is -1.01. The fourth-order valence-corrected chi connectivity index (χ4v) is 2.89. The Morgan fingerprint density at radius 3 is 2.14 bits per heavy atom. The Morgan fingerprint density at radius 1 is 0.905 bits per heavy atom. The number of aryl methyl sites for hydroxylation is 2. The molecule has 0 radical (unpaired) electrons. The lowest BCUT2D eigenvalue weighted by Gasteiger charge is -2.19. The van der Waals surface area contributed by atoms with Crippen molar-refractivity contribution in [2.75, 3.05) is 5.33 Å². The molecule has 0 amide bonds. The highest BCUT2D eigenvalue weighted by Gasteiger charge is 2.16. The van der Waals surface area contributed by atoms with Gasteiger partial charge in [-0.25, -0.2) is 8.78 Å². The third-order valence-electron chi connectivity index (χ3n) is 3.85. The summed E-state index contributed by atoms with van der Waals surface area (Å²) in [5.41, 5.74) is 4.25. The SMILES string of the molecule is Cc1ccc([C@H](CCCBr)c2cc(F)cc(F)c2)cc1C. The fourth-order valence-electron chi connectivity index (χ4n) is 2.56. The summed E-state index contributed by atoms with van der Waals surface area (Å²) in [6.07, 6.45) is 1.81. The standard InChI is InChI=1S/C18H19BrF2/c1-12-5-6-14(8-13(12)2)18(4-3-7-19)15-9-16(20)11-17(21)10-15/h5-6,8-11,18H,3-4,7H2,1-2H3/t18-/m0/s1. The summed E-state index contributed by atoms with van der Waals surface area (Å²) in [4.78, 5) is 0. The molecule has 0 saturated heterocycles. The minimum absolute atomic E-state index is 0.0204. The predicted molar refractivity (Wildman–Crippen MR) is 87.1 cm³/mol.